The Bertz CT molecular complexity index is 1500. The number of fused-ring (bicyclic) bond motifs is 6. The first-order chi connectivity index (χ1) is 29.1. The van der Waals surface area contributed by atoms with Gasteiger partial charge in [-0.3, -0.25) is 4.79 Å². The smallest absolute Gasteiger partial charge is 0.309 e. The summed E-state index contributed by atoms with van der Waals surface area (Å²) >= 11 is 0. The summed E-state index contributed by atoms with van der Waals surface area (Å²) in [6.45, 7) is 54.2. The van der Waals surface area contributed by atoms with Gasteiger partial charge in [-0.05, 0) is 174 Å². The van der Waals surface area contributed by atoms with Crippen molar-refractivity contribution in [3.63, 3.8) is 0 Å². The van der Waals surface area contributed by atoms with Gasteiger partial charge in [-0.25, -0.2) is 0 Å². The molecule has 5 heteroatoms. The first-order valence-corrected chi connectivity index (χ1v) is 27.6. The van der Waals surface area contributed by atoms with Crippen LogP contribution in [0.4, 0.5) is 0 Å². The molecule has 0 amide bonds. The second-order valence-electron chi connectivity index (χ2n) is 32.8. The minimum atomic E-state index is -0.362. The summed E-state index contributed by atoms with van der Waals surface area (Å²) in [6.07, 6.45) is 21.0. The van der Waals surface area contributed by atoms with E-state index in [2.05, 4.69) is 163 Å². The van der Waals surface area contributed by atoms with Crippen molar-refractivity contribution in [3.05, 3.63) is 0 Å². The molecule has 65 heavy (non-hydrogen) atoms. The van der Waals surface area contributed by atoms with Crippen molar-refractivity contribution in [3.8, 4) is 0 Å². The second-order valence-corrected chi connectivity index (χ2v) is 32.8. The third-order valence-electron chi connectivity index (χ3n) is 16.9. The predicted octanol–water partition coefficient (Wildman–Crippen LogP) is 16.3. The SMILES string of the molecule is CC(C)(C)CC(C)(C)CC(C)(C)CC(C)(C)CC(C)(C)NC1CCC2C(C1)OC1CC(NC(C)(C)CC(C)(C)CC(C)(C)CC(C)(C)CC(C)(C)C)CCC1C21OC(=O)C2CCCCC21. The van der Waals surface area contributed by atoms with Gasteiger partial charge in [-0.15, -0.1) is 0 Å². The van der Waals surface area contributed by atoms with Crippen molar-refractivity contribution in [1.82, 2.24) is 10.6 Å². The standard InChI is InChI=1S/C60H112N2O3/c1-50(2,3)33-52(7,8)35-54(11,12)37-56(15,16)39-58(19,20)61-41-27-29-45-47(31-41)64-48-32-42(28-30-46(48)60(45)44-26-24-23-25-43(44)49(63)65-60)62-59(21,22)40-57(17,18)38-55(13,14)36-53(9,10)34-51(4,5)6/h41-48,61-62H,23-40H2,1-22H3. The van der Waals surface area contributed by atoms with E-state index in [4.69, 9.17) is 9.47 Å². The van der Waals surface area contributed by atoms with Crippen LogP contribution in [0.25, 0.3) is 0 Å². The molecule has 2 N–H and O–H groups in total. The molecule has 5 rings (SSSR count). The number of carbonyl (C=O) groups is 1. The van der Waals surface area contributed by atoms with Crippen LogP contribution >= 0.6 is 0 Å². The Hall–Kier alpha value is -0.650. The van der Waals surface area contributed by atoms with Gasteiger partial charge in [0.05, 0.1) is 18.1 Å². The van der Waals surface area contributed by atoms with Gasteiger partial charge < -0.3 is 20.1 Å². The third kappa shape index (κ3) is 15.2. The predicted molar refractivity (Wildman–Crippen MR) is 278 cm³/mol. The molecule has 2 saturated heterocycles. The normalized spacial score (nSPS) is 31.4. The molecule has 0 aromatic rings. The zero-order chi connectivity index (χ0) is 49.3. The molecule has 5 nitrogen and oxygen atoms in total. The molecule has 0 aromatic carbocycles. The number of nitrogens with one attached hydrogen (secondary N) is 2. The van der Waals surface area contributed by atoms with Crippen molar-refractivity contribution in [2.75, 3.05) is 0 Å². The lowest BCUT2D eigenvalue weighted by Gasteiger charge is -2.60. The lowest BCUT2D eigenvalue weighted by molar-refractivity contribution is -0.260. The van der Waals surface area contributed by atoms with Gasteiger partial charge in [0, 0.05) is 40.9 Å². The molecular formula is C60H112N2O3. The van der Waals surface area contributed by atoms with Crippen LogP contribution in [0.3, 0.4) is 0 Å². The Morgan fingerprint density at radius 3 is 1.14 bits per heavy atom. The van der Waals surface area contributed by atoms with Crippen molar-refractivity contribution in [1.29, 1.82) is 0 Å². The summed E-state index contributed by atoms with van der Waals surface area (Å²) in [7, 11) is 0. The number of rotatable bonds is 18. The molecule has 380 valence electrons. The fraction of sp³-hybridized carbons (Fsp3) is 0.983. The van der Waals surface area contributed by atoms with Gasteiger partial charge in [-0.2, -0.15) is 0 Å². The summed E-state index contributed by atoms with van der Waals surface area (Å²) in [5.41, 5.74) is 1.87. The summed E-state index contributed by atoms with van der Waals surface area (Å²) in [5.74, 6) is 1.16. The van der Waals surface area contributed by atoms with Crippen molar-refractivity contribution < 1.29 is 14.3 Å². The lowest BCUT2D eigenvalue weighted by atomic mass is 9.54. The lowest BCUT2D eigenvalue weighted by Crippen LogP contribution is -2.67. The van der Waals surface area contributed by atoms with E-state index in [9.17, 15) is 4.79 Å². The second kappa shape index (κ2) is 18.8. The first-order valence-electron chi connectivity index (χ1n) is 27.6. The Labute approximate surface area is 405 Å². The number of esters is 1. The maximum atomic E-state index is 14.0. The molecule has 0 aromatic heterocycles. The average molecular weight is 910 g/mol. The quantitative estimate of drug-likeness (QED) is 0.134. The molecular weight excluding hydrogens is 797 g/mol. The topological polar surface area (TPSA) is 59.6 Å². The van der Waals surface area contributed by atoms with Crippen LogP contribution in [0.15, 0.2) is 0 Å². The molecule has 3 saturated carbocycles. The summed E-state index contributed by atoms with van der Waals surface area (Å²) in [6, 6.07) is 0.797. The summed E-state index contributed by atoms with van der Waals surface area (Å²) < 4.78 is 14.5. The minimum absolute atomic E-state index is 0.00174. The Morgan fingerprint density at radius 1 is 0.431 bits per heavy atom. The maximum absolute atomic E-state index is 14.0. The van der Waals surface area contributed by atoms with E-state index in [-0.39, 0.29) is 62.4 Å². The maximum Gasteiger partial charge on any atom is 0.309 e. The van der Waals surface area contributed by atoms with E-state index in [1.54, 1.807) is 0 Å². The van der Waals surface area contributed by atoms with Crippen LogP contribution in [0.2, 0.25) is 0 Å². The van der Waals surface area contributed by atoms with Gasteiger partial charge in [0.2, 0.25) is 0 Å². The summed E-state index contributed by atoms with van der Waals surface area (Å²) in [4.78, 5) is 14.0. The van der Waals surface area contributed by atoms with Crippen LogP contribution in [-0.2, 0) is 14.3 Å². The number of hydrogen-bond donors (Lipinski definition) is 2. The highest BCUT2D eigenvalue weighted by atomic mass is 16.6. The van der Waals surface area contributed by atoms with E-state index >= 15 is 0 Å². The minimum Gasteiger partial charge on any atom is -0.458 e. The van der Waals surface area contributed by atoms with E-state index < -0.39 is 0 Å². The molecule has 0 bridgehead atoms. The van der Waals surface area contributed by atoms with Crippen LogP contribution in [0.1, 0.15) is 268 Å². The Kier molecular flexibility index (Phi) is 16.0. The fourth-order valence-electron chi connectivity index (χ4n) is 19.4. The highest BCUT2D eigenvalue weighted by Crippen LogP contribution is 2.62. The fourth-order valence-corrected chi connectivity index (χ4v) is 19.4. The van der Waals surface area contributed by atoms with Crippen molar-refractivity contribution in [2.24, 2.45) is 67.0 Å². The zero-order valence-electron chi connectivity index (χ0n) is 47.6. The van der Waals surface area contributed by atoms with Gasteiger partial charge in [-0.1, -0.05) is 137 Å². The van der Waals surface area contributed by atoms with Crippen LogP contribution in [0.5, 0.6) is 0 Å². The monoisotopic (exact) mass is 909 g/mol. The molecule has 0 radical (unpaired) electrons. The van der Waals surface area contributed by atoms with Crippen LogP contribution < -0.4 is 10.6 Å². The molecule has 1 spiro atoms. The highest BCUT2D eigenvalue weighted by molar-refractivity contribution is 5.76. The van der Waals surface area contributed by atoms with Crippen LogP contribution in [0, 0.1) is 67.0 Å². The Balaban J connectivity index is 1.28. The number of hydrogen-bond acceptors (Lipinski definition) is 5. The van der Waals surface area contributed by atoms with Gasteiger partial charge in [0.25, 0.3) is 0 Å². The molecule has 8 unspecified atom stereocenters. The van der Waals surface area contributed by atoms with Crippen molar-refractivity contribution in [2.45, 2.75) is 309 Å². The largest absolute Gasteiger partial charge is 0.458 e. The molecule has 2 heterocycles. The van der Waals surface area contributed by atoms with Crippen LogP contribution in [-0.4, -0.2) is 46.9 Å². The first kappa shape index (κ1) is 55.3. The summed E-state index contributed by atoms with van der Waals surface area (Å²) in [5, 5.41) is 8.53. The Morgan fingerprint density at radius 2 is 0.769 bits per heavy atom. The van der Waals surface area contributed by atoms with E-state index in [0.717, 1.165) is 70.6 Å². The molecule has 2 aliphatic heterocycles. The number of ether oxygens (including phenoxy) is 2. The van der Waals surface area contributed by atoms with Crippen molar-refractivity contribution >= 4 is 5.97 Å². The third-order valence-corrected chi connectivity index (χ3v) is 16.9. The highest BCUT2D eigenvalue weighted by Gasteiger charge is 2.69. The van der Waals surface area contributed by atoms with Gasteiger partial charge in [0.15, 0.2) is 0 Å². The van der Waals surface area contributed by atoms with E-state index in [0.29, 0.717) is 51.5 Å². The van der Waals surface area contributed by atoms with E-state index in [1.165, 1.54) is 44.9 Å². The molecule has 5 aliphatic rings. The molecule has 8 atom stereocenters. The molecule has 3 aliphatic carbocycles. The average Bonchev–Trinajstić information content (AvgIpc) is 3.30. The van der Waals surface area contributed by atoms with Gasteiger partial charge in [0.1, 0.15) is 5.60 Å². The van der Waals surface area contributed by atoms with Gasteiger partial charge >= 0.3 is 5.97 Å². The molecule has 5 fully saturated rings. The number of carbonyl (C=O) groups excluding carboxylic acids is 1. The zero-order valence-corrected chi connectivity index (χ0v) is 47.6. The van der Waals surface area contributed by atoms with E-state index in [1.807, 2.05) is 0 Å².